The number of amides is 2. The molecule has 8 heteroatoms. The molecule has 4 rings (SSSR count). The number of likely N-dealkylation sites (N-methyl/N-ethyl adjacent to an activating group) is 1. The van der Waals surface area contributed by atoms with Crippen molar-refractivity contribution in [3.63, 3.8) is 0 Å². The van der Waals surface area contributed by atoms with E-state index in [1.807, 2.05) is 25.1 Å². The van der Waals surface area contributed by atoms with Crippen LogP contribution in [-0.2, 0) is 16.0 Å². The van der Waals surface area contributed by atoms with Crippen LogP contribution in [-0.4, -0.2) is 54.2 Å². The largest absolute Gasteiger partial charge is 0.492 e. The highest BCUT2D eigenvalue weighted by Gasteiger charge is 2.27. The summed E-state index contributed by atoms with van der Waals surface area (Å²) < 4.78 is 11.6. The Morgan fingerprint density at radius 1 is 1.22 bits per heavy atom. The molecule has 0 aliphatic carbocycles. The van der Waals surface area contributed by atoms with Crippen molar-refractivity contribution in [2.45, 2.75) is 13.3 Å². The van der Waals surface area contributed by atoms with E-state index in [2.05, 4.69) is 21.6 Å². The number of ether oxygens (including phenoxy) is 2. The highest BCUT2D eigenvalue weighted by molar-refractivity contribution is 5.95. The first kappa shape index (κ1) is 21.4. The van der Waals surface area contributed by atoms with Crippen LogP contribution in [0.1, 0.15) is 11.1 Å². The first-order valence-electron chi connectivity index (χ1n) is 10.4. The maximum atomic E-state index is 13.0. The van der Waals surface area contributed by atoms with Gasteiger partial charge in [0.15, 0.2) is 6.61 Å². The van der Waals surface area contributed by atoms with Gasteiger partial charge in [-0.25, -0.2) is 0 Å². The smallest absolute Gasteiger partial charge is 0.259 e. The summed E-state index contributed by atoms with van der Waals surface area (Å²) >= 11 is 0. The third-order valence-electron chi connectivity index (χ3n) is 5.41. The summed E-state index contributed by atoms with van der Waals surface area (Å²) in [7, 11) is 3.33. The average Bonchev–Trinajstić information content (AvgIpc) is 3.32. The highest BCUT2D eigenvalue weighted by atomic mass is 16.5. The van der Waals surface area contributed by atoms with E-state index in [-0.39, 0.29) is 24.3 Å². The van der Waals surface area contributed by atoms with E-state index in [9.17, 15) is 9.59 Å². The van der Waals surface area contributed by atoms with Gasteiger partial charge in [-0.05, 0) is 42.7 Å². The Hall–Kier alpha value is -3.81. The summed E-state index contributed by atoms with van der Waals surface area (Å²) in [5.41, 5.74) is 4.39. The van der Waals surface area contributed by atoms with Crippen molar-refractivity contribution in [3.05, 3.63) is 59.9 Å². The van der Waals surface area contributed by atoms with E-state index in [1.165, 1.54) is 4.90 Å². The first-order chi connectivity index (χ1) is 15.4. The normalized spacial score (nSPS) is 14.8. The highest BCUT2D eigenvalue weighted by Crippen LogP contribution is 2.33. The van der Waals surface area contributed by atoms with Gasteiger partial charge in [-0.3, -0.25) is 14.7 Å². The number of aromatic nitrogens is 2. The van der Waals surface area contributed by atoms with Crippen molar-refractivity contribution in [2.24, 2.45) is 5.92 Å². The van der Waals surface area contributed by atoms with Gasteiger partial charge >= 0.3 is 0 Å². The minimum absolute atomic E-state index is 0.135. The van der Waals surface area contributed by atoms with Crippen molar-refractivity contribution in [2.75, 3.05) is 32.6 Å². The Morgan fingerprint density at radius 3 is 2.81 bits per heavy atom. The van der Waals surface area contributed by atoms with Crippen molar-refractivity contribution < 1.29 is 19.1 Å². The Kier molecular flexibility index (Phi) is 6.11. The molecule has 0 saturated carbocycles. The number of benzene rings is 2. The van der Waals surface area contributed by atoms with E-state index >= 15 is 0 Å². The van der Waals surface area contributed by atoms with Gasteiger partial charge in [0.2, 0.25) is 5.91 Å². The quantitative estimate of drug-likeness (QED) is 0.622. The standard InChI is InChI=1S/C24H26N4O4/c1-15-4-7-21-17(8-15)9-18(13-31-21)24(30)27-20-6-5-16(19-11-25-26-12-19)10-22(20)32-14-23(29)28(2)3/h4-8,10-12,18H,9,13-14H2,1-3H3,(H,25,26)(H,27,30). The molecule has 1 aromatic heterocycles. The number of nitrogens with one attached hydrogen (secondary N) is 2. The fourth-order valence-electron chi connectivity index (χ4n) is 3.53. The molecule has 0 saturated heterocycles. The molecule has 2 heterocycles. The van der Waals surface area contributed by atoms with Crippen molar-refractivity contribution in [1.82, 2.24) is 15.1 Å². The molecule has 1 atom stereocenters. The lowest BCUT2D eigenvalue weighted by atomic mass is 9.94. The monoisotopic (exact) mass is 434 g/mol. The molecule has 166 valence electrons. The lowest BCUT2D eigenvalue weighted by Gasteiger charge is -2.25. The van der Waals surface area contributed by atoms with E-state index in [1.54, 1.807) is 38.6 Å². The van der Waals surface area contributed by atoms with E-state index in [0.717, 1.165) is 28.0 Å². The van der Waals surface area contributed by atoms with Crippen LogP contribution in [0, 0.1) is 12.8 Å². The van der Waals surface area contributed by atoms with E-state index < -0.39 is 0 Å². The maximum absolute atomic E-state index is 13.0. The molecule has 0 spiro atoms. The van der Waals surface area contributed by atoms with Crippen LogP contribution in [0.5, 0.6) is 11.5 Å². The SMILES string of the molecule is Cc1ccc2c(c1)CC(C(=O)Nc1ccc(-c3cn[nH]c3)cc1OCC(=O)N(C)C)CO2. The number of aromatic amines is 1. The summed E-state index contributed by atoms with van der Waals surface area (Å²) in [6.07, 6.45) is 4.06. The lowest BCUT2D eigenvalue weighted by molar-refractivity contribution is -0.130. The van der Waals surface area contributed by atoms with Gasteiger partial charge in [0, 0.05) is 25.9 Å². The van der Waals surface area contributed by atoms with Crippen LogP contribution in [0.25, 0.3) is 11.1 Å². The lowest BCUT2D eigenvalue weighted by Crippen LogP contribution is -2.33. The number of H-pyrrole nitrogens is 1. The number of carbonyl (C=O) groups is 2. The zero-order valence-electron chi connectivity index (χ0n) is 18.3. The van der Waals surface area contributed by atoms with Crippen LogP contribution in [0.15, 0.2) is 48.8 Å². The van der Waals surface area contributed by atoms with Gasteiger partial charge in [0.25, 0.3) is 5.91 Å². The molecule has 0 fully saturated rings. The van der Waals surface area contributed by atoms with Crippen LogP contribution in [0.3, 0.4) is 0 Å². The number of fused-ring (bicyclic) bond motifs is 1. The number of nitrogens with zero attached hydrogens (tertiary/aromatic N) is 2. The molecule has 8 nitrogen and oxygen atoms in total. The van der Waals surface area contributed by atoms with Crippen molar-refractivity contribution in [3.8, 4) is 22.6 Å². The fourth-order valence-corrected chi connectivity index (χ4v) is 3.53. The first-order valence-corrected chi connectivity index (χ1v) is 10.4. The van der Waals surface area contributed by atoms with Gasteiger partial charge in [0.1, 0.15) is 18.1 Å². The van der Waals surface area contributed by atoms with Gasteiger partial charge < -0.3 is 19.7 Å². The zero-order valence-corrected chi connectivity index (χ0v) is 18.3. The zero-order chi connectivity index (χ0) is 22.7. The Morgan fingerprint density at radius 2 is 2.06 bits per heavy atom. The van der Waals surface area contributed by atoms with Gasteiger partial charge in [-0.15, -0.1) is 0 Å². The molecule has 0 radical (unpaired) electrons. The van der Waals surface area contributed by atoms with Gasteiger partial charge in [0.05, 0.1) is 17.8 Å². The number of hydrogen-bond acceptors (Lipinski definition) is 5. The molecule has 1 aliphatic rings. The molecule has 2 aromatic carbocycles. The van der Waals surface area contributed by atoms with Gasteiger partial charge in [-0.2, -0.15) is 5.10 Å². The maximum Gasteiger partial charge on any atom is 0.259 e. The summed E-state index contributed by atoms with van der Waals surface area (Å²) in [4.78, 5) is 26.5. The van der Waals surface area contributed by atoms with Crippen molar-refractivity contribution in [1.29, 1.82) is 0 Å². The topological polar surface area (TPSA) is 96.6 Å². The number of carbonyl (C=O) groups excluding carboxylic acids is 2. The number of rotatable bonds is 6. The molecule has 2 amide bonds. The summed E-state index contributed by atoms with van der Waals surface area (Å²) in [6.45, 7) is 2.19. The third-order valence-corrected chi connectivity index (χ3v) is 5.41. The number of anilines is 1. The number of aryl methyl sites for hydroxylation is 1. The molecule has 2 N–H and O–H groups in total. The second-order valence-electron chi connectivity index (χ2n) is 8.09. The number of hydrogen-bond donors (Lipinski definition) is 2. The van der Waals surface area contributed by atoms with Crippen LogP contribution < -0.4 is 14.8 Å². The van der Waals surface area contributed by atoms with Gasteiger partial charge in [-0.1, -0.05) is 23.8 Å². The second-order valence-corrected chi connectivity index (χ2v) is 8.09. The third kappa shape index (κ3) is 4.74. The summed E-state index contributed by atoms with van der Waals surface area (Å²) in [5, 5.41) is 9.71. The van der Waals surface area contributed by atoms with Crippen LogP contribution in [0.4, 0.5) is 5.69 Å². The second kappa shape index (κ2) is 9.13. The minimum atomic E-state index is -0.325. The average molecular weight is 434 g/mol. The fraction of sp³-hybridized carbons (Fsp3) is 0.292. The predicted octanol–water partition coefficient (Wildman–Crippen LogP) is 3.04. The van der Waals surface area contributed by atoms with E-state index in [0.29, 0.717) is 24.5 Å². The minimum Gasteiger partial charge on any atom is -0.492 e. The molecule has 32 heavy (non-hydrogen) atoms. The Bertz CT molecular complexity index is 1130. The van der Waals surface area contributed by atoms with Crippen LogP contribution in [0.2, 0.25) is 0 Å². The summed E-state index contributed by atoms with van der Waals surface area (Å²) in [6, 6.07) is 11.4. The molecule has 1 unspecified atom stereocenters. The van der Waals surface area contributed by atoms with Crippen LogP contribution >= 0.6 is 0 Å². The molecule has 3 aromatic rings. The molecule has 1 aliphatic heterocycles. The van der Waals surface area contributed by atoms with E-state index in [4.69, 9.17) is 9.47 Å². The predicted molar refractivity (Wildman–Crippen MR) is 121 cm³/mol. The Balaban J connectivity index is 1.53. The molecule has 0 bridgehead atoms. The molecular formula is C24H26N4O4. The summed E-state index contributed by atoms with van der Waals surface area (Å²) in [5.74, 6) is 0.588. The van der Waals surface area contributed by atoms with Crippen molar-refractivity contribution >= 4 is 17.5 Å². The Labute approximate surface area is 186 Å². The molecular weight excluding hydrogens is 408 g/mol.